The van der Waals surface area contributed by atoms with Crippen molar-refractivity contribution in [1.29, 1.82) is 0 Å². The van der Waals surface area contributed by atoms with Crippen molar-refractivity contribution in [1.82, 2.24) is 0 Å². The van der Waals surface area contributed by atoms with Crippen molar-refractivity contribution in [3.05, 3.63) is 21.8 Å². The van der Waals surface area contributed by atoms with Gasteiger partial charge in [-0.1, -0.05) is 0 Å². The van der Waals surface area contributed by atoms with Crippen LogP contribution in [0.1, 0.15) is 0 Å². The van der Waals surface area contributed by atoms with Crippen molar-refractivity contribution >= 4 is 6.21 Å². The van der Waals surface area contributed by atoms with Gasteiger partial charge in [0.25, 0.3) is 5.95 Å². The van der Waals surface area contributed by atoms with Crippen LogP contribution in [0.4, 0.5) is 4.39 Å². The van der Waals surface area contributed by atoms with Crippen LogP contribution in [-0.4, -0.2) is 11.1 Å². The highest BCUT2D eigenvalue weighted by molar-refractivity contribution is 5.82. The Hall–Kier alpha value is -1.26. The molecule has 0 aromatic rings. The molecule has 0 radical (unpaired) electrons. The summed E-state index contributed by atoms with van der Waals surface area (Å²) in [5, 5.41) is 9.61. The number of rotatable bonds is 1. The number of nitrogens with zero attached hydrogens (tertiary/aromatic N) is 2. The zero-order chi connectivity index (χ0) is 6.15. The van der Waals surface area contributed by atoms with Gasteiger partial charge in [-0.15, -0.1) is 0 Å². The predicted octanol–water partition coefficient (Wildman–Crippen LogP) is 0.486. The fraction of sp³-hybridized carbons (Fsp3) is 0. The second kappa shape index (κ2) is 1.36. The predicted molar refractivity (Wildman–Crippen MR) is 23.6 cm³/mol. The van der Waals surface area contributed by atoms with Crippen LogP contribution in [0.25, 0.3) is 0 Å². The number of hydrogen-bond donors (Lipinski definition) is 0. The molecule has 1 heterocycles. The molecule has 1 rings (SSSR count). The molecule has 0 bridgehead atoms. The quantitative estimate of drug-likeness (QED) is 0.284. The van der Waals surface area contributed by atoms with Crippen LogP contribution < -0.4 is 0 Å². The van der Waals surface area contributed by atoms with E-state index in [9.17, 15) is 14.5 Å². The molecule has 0 spiro atoms. The molecule has 5 heteroatoms. The third-order valence-corrected chi connectivity index (χ3v) is 0.708. The molecular formula is C3HFN2O2. The maximum Gasteiger partial charge on any atom is 0.342 e. The van der Waals surface area contributed by atoms with Gasteiger partial charge in [-0.2, -0.15) is 4.39 Å². The number of hydrogen-bond acceptors (Lipinski definition) is 3. The van der Waals surface area contributed by atoms with Gasteiger partial charge in [0.15, 0.2) is 0 Å². The monoisotopic (exact) mass is 116 g/mol. The molecule has 0 aromatic carbocycles. The first-order chi connectivity index (χ1) is 3.72. The van der Waals surface area contributed by atoms with E-state index in [4.69, 9.17) is 0 Å². The number of nitro groups is 1. The average molecular weight is 116 g/mol. The van der Waals surface area contributed by atoms with Crippen LogP contribution in [0.5, 0.6) is 0 Å². The van der Waals surface area contributed by atoms with Gasteiger partial charge in [0.2, 0.25) is 0 Å². The summed E-state index contributed by atoms with van der Waals surface area (Å²) in [6, 6.07) is 0. The Bertz CT molecular complexity index is 195. The molecular weight excluding hydrogens is 115 g/mol. The molecule has 0 aliphatic carbocycles. The fourth-order valence-corrected chi connectivity index (χ4v) is 0.294. The molecule has 42 valence electrons. The minimum Gasteiger partial charge on any atom is -0.258 e. The summed E-state index contributed by atoms with van der Waals surface area (Å²) in [6.07, 6.45) is 0.870. The molecule has 4 nitrogen and oxygen atoms in total. The Morgan fingerprint density at radius 1 is 1.88 bits per heavy atom. The van der Waals surface area contributed by atoms with Gasteiger partial charge in [0.05, 0.1) is 4.92 Å². The molecule has 0 amide bonds. The van der Waals surface area contributed by atoms with Crippen LogP contribution >= 0.6 is 0 Å². The van der Waals surface area contributed by atoms with Crippen molar-refractivity contribution in [3.63, 3.8) is 0 Å². The lowest BCUT2D eigenvalue weighted by Gasteiger charge is -1.95. The Morgan fingerprint density at radius 3 is 2.50 bits per heavy atom. The van der Waals surface area contributed by atoms with Crippen molar-refractivity contribution < 1.29 is 9.31 Å². The summed E-state index contributed by atoms with van der Waals surface area (Å²) < 4.78 is 11.7. The Morgan fingerprint density at radius 2 is 2.50 bits per heavy atom. The number of halogens is 1. The largest absolute Gasteiger partial charge is 0.342 e. The van der Waals surface area contributed by atoms with Gasteiger partial charge in [-0.05, 0) is 0 Å². The van der Waals surface area contributed by atoms with Gasteiger partial charge in [0, 0.05) is 0 Å². The van der Waals surface area contributed by atoms with Crippen LogP contribution in [0, 0.1) is 10.1 Å². The van der Waals surface area contributed by atoms with Crippen LogP contribution in [0.3, 0.4) is 0 Å². The average Bonchev–Trinajstić information content (AvgIpc) is 1.61. The third-order valence-electron chi connectivity index (χ3n) is 0.708. The molecule has 1 aliphatic rings. The van der Waals surface area contributed by atoms with E-state index in [1.165, 1.54) is 0 Å². The lowest BCUT2D eigenvalue weighted by molar-refractivity contribution is -0.418. The fourth-order valence-electron chi connectivity index (χ4n) is 0.294. The highest BCUT2D eigenvalue weighted by Gasteiger charge is 2.22. The van der Waals surface area contributed by atoms with Crippen molar-refractivity contribution in [2.75, 3.05) is 0 Å². The maximum atomic E-state index is 11.7. The second-order valence-corrected chi connectivity index (χ2v) is 1.19. The highest BCUT2D eigenvalue weighted by atomic mass is 19.1. The molecule has 0 unspecified atom stereocenters. The SMILES string of the molecule is O=[N+]([O-])C1=C(F)N=C1. The summed E-state index contributed by atoms with van der Waals surface area (Å²) in [5.74, 6) is -0.991. The van der Waals surface area contributed by atoms with Gasteiger partial charge < -0.3 is 0 Å². The first kappa shape index (κ1) is 4.89. The van der Waals surface area contributed by atoms with E-state index in [0.717, 1.165) is 6.21 Å². The zero-order valence-electron chi connectivity index (χ0n) is 3.67. The molecule has 0 saturated heterocycles. The Kier molecular flexibility index (Phi) is 0.831. The topological polar surface area (TPSA) is 55.5 Å². The van der Waals surface area contributed by atoms with Crippen molar-refractivity contribution in [2.24, 2.45) is 4.99 Å². The summed E-state index contributed by atoms with van der Waals surface area (Å²) in [5.41, 5.74) is -0.537. The van der Waals surface area contributed by atoms with Crippen LogP contribution in [0.15, 0.2) is 16.6 Å². The molecule has 0 aromatic heterocycles. The zero-order valence-corrected chi connectivity index (χ0v) is 3.67. The molecule has 0 fully saturated rings. The van der Waals surface area contributed by atoms with E-state index >= 15 is 0 Å². The molecule has 8 heavy (non-hydrogen) atoms. The third kappa shape index (κ3) is 0.481. The summed E-state index contributed by atoms with van der Waals surface area (Å²) in [6.45, 7) is 0. The van der Waals surface area contributed by atoms with E-state index in [0.29, 0.717) is 0 Å². The summed E-state index contributed by atoms with van der Waals surface area (Å²) >= 11 is 0. The minimum absolute atomic E-state index is 0.537. The first-order valence-electron chi connectivity index (χ1n) is 1.80. The Balaban J connectivity index is 2.76. The lowest BCUT2D eigenvalue weighted by atomic mass is 10.4. The summed E-state index contributed by atoms with van der Waals surface area (Å²) in [4.78, 5) is 11.7. The van der Waals surface area contributed by atoms with Gasteiger partial charge in [-0.25, -0.2) is 4.99 Å². The number of aliphatic imine (C=N–C) groups is 1. The molecule has 0 N–H and O–H groups in total. The molecule has 1 aliphatic heterocycles. The Labute approximate surface area is 43.5 Å². The second-order valence-electron chi connectivity index (χ2n) is 1.19. The van der Waals surface area contributed by atoms with E-state index in [1.807, 2.05) is 0 Å². The normalized spacial score (nSPS) is 16.1. The van der Waals surface area contributed by atoms with E-state index in [1.54, 1.807) is 0 Å². The van der Waals surface area contributed by atoms with Crippen LogP contribution in [-0.2, 0) is 0 Å². The smallest absolute Gasteiger partial charge is 0.258 e. The first-order valence-corrected chi connectivity index (χ1v) is 1.80. The van der Waals surface area contributed by atoms with Gasteiger partial charge in [-0.3, -0.25) is 10.1 Å². The van der Waals surface area contributed by atoms with Gasteiger partial charge in [0.1, 0.15) is 6.21 Å². The minimum atomic E-state index is -0.991. The molecule has 0 saturated carbocycles. The summed E-state index contributed by atoms with van der Waals surface area (Å²) in [7, 11) is 0. The number of allylic oxidation sites excluding steroid dienone is 1. The van der Waals surface area contributed by atoms with Crippen molar-refractivity contribution in [3.8, 4) is 0 Å². The van der Waals surface area contributed by atoms with Gasteiger partial charge >= 0.3 is 5.70 Å². The standard InChI is InChI=1S/C3HFN2O2/c4-3-2(1-5-3)6(7)8/h1H. The lowest BCUT2D eigenvalue weighted by Crippen LogP contribution is -2.07. The van der Waals surface area contributed by atoms with E-state index in [-0.39, 0.29) is 0 Å². The maximum absolute atomic E-state index is 11.7. The van der Waals surface area contributed by atoms with Crippen molar-refractivity contribution in [2.45, 2.75) is 0 Å². The van der Waals surface area contributed by atoms with E-state index < -0.39 is 16.6 Å². The highest BCUT2D eigenvalue weighted by Crippen LogP contribution is 2.13. The van der Waals surface area contributed by atoms with Crippen LogP contribution in [0.2, 0.25) is 0 Å². The molecule has 0 atom stereocenters. The van der Waals surface area contributed by atoms with E-state index in [2.05, 4.69) is 4.99 Å².